The largest absolute Gasteiger partial charge is 0.324 e. The van der Waals surface area contributed by atoms with Gasteiger partial charge in [-0.25, -0.2) is 0 Å². The molecule has 1 aliphatic heterocycles. The SMILES string of the molecule is CN(C)CCN1C(=O)CCSC1c1ccccn1. The molecule has 1 aromatic rings. The fraction of sp³-hybridized carbons (Fsp3) is 0.538. The standard InChI is InChI=1S/C13H19N3OS/c1-15(2)8-9-16-12(17)6-10-18-13(16)11-5-3-4-7-14-11/h3-5,7,13H,6,8-10H2,1-2H3. The van der Waals surface area contributed by atoms with E-state index in [4.69, 9.17) is 0 Å². The van der Waals surface area contributed by atoms with E-state index in [1.165, 1.54) is 0 Å². The number of carbonyl (C=O) groups is 1. The minimum Gasteiger partial charge on any atom is -0.324 e. The molecule has 1 aliphatic rings. The highest BCUT2D eigenvalue weighted by Gasteiger charge is 2.30. The minimum atomic E-state index is 0.0763. The summed E-state index contributed by atoms with van der Waals surface area (Å²) in [4.78, 5) is 20.5. The predicted molar refractivity (Wildman–Crippen MR) is 74.3 cm³/mol. The van der Waals surface area contributed by atoms with E-state index in [1.807, 2.05) is 37.2 Å². The molecule has 0 bridgehead atoms. The van der Waals surface area contributed by atoms with E-state index in [9.17, 15) is 4.79 Å². The Morgan fingerprint density at radius 3 is 3.00 bits per heavy atom. The Kier molecular flexibility index (Phi) is 4.60. The molecular formula is C13H19N3OS. The molecule has 0 N–H and O–H groups in total. The molecule has 5 heteroatoms. The van der Waals surface area contributed by atoms with Crippen molar-refractivity contribution in [2.24, 2.45) is 0 Å². The Morgan fingerprint density at radius 2 is 2.33 bits per heavy atom. The van der Waals surface area contributed by atoms with Crippen LogP contribution in [0.15, 0.2) is 24.4 Å². The van der Waals surface area contributed by atoms with Gasteiger partial charge < -0.3 is 9.80 Å². The molecule has 18 heavy (non-hydrogen) atoms. The van der Waals surface area contributed by atoms with Crippen molar-refractivity contribution in [1.82, 2.24) is 14.8 Å². The quantitative estimate of drug-likeness (QED) is 0.828. The molecule has 1 saturated heterocycles. The number of rotatable bonds is 4. The summed E-state index contributed by atoms with van der Waals surface area (Å²) in [5, 5.41) is 0.0763. The summed E-state index contributed by atoms with van der Waals surface area (Å²) in [5.74, 6) is 1.13. The van der Waals surface area contributed by atoms with Gasteiger partial charge in [-0.3, -0.25) is 9.78 Å². The number of carbonyl (C=O) groups excluding carboxylic acids is 1. The molecule has 1 fully saturated rings. The van der Waals surface area contributed by atoms with Crippen LogP contribution in [0.2, 0.25) is 0 Å². The van der Waals surface area contributed by atoms with Gasteiger partial charge in [0.1, 0.15) is 5.37 Å². The molecule has 0 aliphatic carbocycles. The van der Waals surface area contributed by atoms with Crippen LogP contribution in [0.3, 0.4) is 0 Å². The lowest BCUT2D eigenvalue weighted by Crippen LogP contribution is -2.41. The topological polar surface area (TPSA) is 36.4 Å². The van der Waals surface area contributed by atoms with Crippen LogP contribution in [0.5, 0.6) is 0 Å². The van der Waals surface area contributed by atoms with E-state index in [2.05, 4.69) is 9.88 Å². The van der Waals surface area contributed by atoms with Crippen molar-refractivity contribution in [3.63, 3.8) is 0 Å². The fourth-order valence-electron chi connectivity index (χ4n) is 1.94. The van der Waals surface area contributed by atoms with Gasteiger partial charge >= 0.3 is 0 Å². The molecule has 1 amide bonds. The van der Waals surface area contributed by atoms with Crippen LogP contribution in [0.4, 0.5) is 0 Å². The zero-order chi connectivity index (χ0) is 13.0. The lowest BCUT2D eigenvalue weighted by molar-refractivity contribution is -0.132. The van der Waals surface area contributed by atoms with Gasteiger partial charge in [0.15, 0.2) is 0 Å². The summed E-state index contributed by atoms with van der Waals surface area (Å²) in [6, 6.07) is 5.88. The zero-order valence-electron chi connectivity index (χ0n) is 10.9. The fourth-order valence-corrected chi connectivity index (χ4v) is 3.17. The van der Waals surface area contributed by atoms with Crippen molar-refractivity contribution >= 4 is 17.7 Å². The lowest BCUT2D eigenvalue weighted by atomic mass is 10.3. The molecule has 1 atom stereocenters. The number of hydrogen-bond acceptors (Lipinski definition) is 4. The molecule has 1 aromatic heterocycles. The highest BCUT2D eigenvalue weighted by molar-refractivity contribution is 7.99. The maximum Gasteiger partial charge on any atom is 0.224 e. The normalized spacial score (nSPS) is 20.5. The highest BCUT2D eigenvalue weighted by Crippen LogP contribution is 2.35. The van der Waals surface area contributed by atoms with Gasteiger partial charge in [-0.1, -0.05) is 6.07 Å². The summed E-state index contributed by atoms with van der Waals surface area (Å²) < 4.78 is 0. The Labute approximate surface area is 112 Å². The molecule has 0 aromatic carbocycles. The van der Waals surface area contributed by atoms with Gasteiger partial charge in [0.2, 0.25) is 5.91 Å². The third-order valence-corrected chi connectivity index (χ3v) is 4.18. The highest BCUT2D eigenvalue weighted by atomic mass is 32.2. The molecule has 0 radical (unpaired) electrons. The first-order valence-corrected chi connectivity index (χ1v) is 7.20. The smallest absolute Gasteiger partial charge is 0.224 e. The molecule has 0 spiro atoms. The van der Waals surface area contributed by atoms with Gasteiger partial charge in [0, 0.05) is 31.5 Å². The monoisotopic (exact) mass is 265 g/mol. The van der Waals surface area contributed by atoms with Gasteiger partial charge in [-0.2, -0.15) is 0 Å². The summed E-state index contributed by atoms with van der Waals surface area (Å²) in [5.41, 5.74) is 0.981. The molecule has 2 rings (SSSR count). The minimum absolute atomic E-state index is 0.0763. The van der Waals surface area contributed by atoms with E-state index < -0.39 is 0 Å². The van der Waals surface area contributed by atoms with Crippen LogP contribution in [-0.4, -0.2) is 53.6 Å². The van der Waals surface area contributed by atoms with E-state index in [1.54, 1.807) is 18.0 Å². The van der Waals surface area contributed by atoms with Gasteiger partial charge in [-0.15, -0.1) is 11.8 Å². The van der Waals surface area contributed by atoms with E-state index in [0.717, 1.165) is 24.5 Å². The summed E-state index contributed by atoms with van der Waals surface area (Å²) in [7, 11) is 4.05. The van der Waals surface area contributed by atoms with Crippen molar-refractivity contribution in [3.8, 4) is 0 Å². The Balaban J connectivity index is 2.12. The van der Waals surface area contributed by atoms with Crippen LogP contribution in [0.1, 0.15) is 17.5 Å². The Hall–Kier alpha value is -1.07. The average molecular weight is 265 g/mol. The maximum atomic E-state index is 12.1. The molecule has 2 heterocycles. The second kappa shape index (κ2) is 6.20. The Morgan fingerprint density at radius 1 is 1.50 bits per heavy atom. The summed E-state index contributed by atoms with van der Waals surface area (Å²) >= 11 is 1.80. The second-order valence-electron chi connectivity index (χ2n) is 4.62. The van der Waals surface area contributed by atoms with Crippen LogP contribution in [-0.2, 0) is 4.79 Å². The van der Waals surface area contributed by atoms with Gasteiger partial charge in [0.05, 0.1) is 5.69 Å². The maximum absolute atomic E-state index is 12.1. The first-order chi connectivity index (χ1) is 8.68. The zero-order valence-corrected chi connectivity index (χ0v) is 11.7. The Bertz CT molecular complexity index is 396. The predicted octanol–water partition coefficient (Wildman–Crippen LogP) is 1.61. The van der Waals surface area contributed by atoms with Crippen molar-refractivity contribution in [1.29, 1.82) is 0 Å². The van der Waals surface area contributed by atoms with Crippen LogP contribution in [0, 0.1) is 0 Å². The molecule has 4 nitrogen and oxygen atoms in total. The molecule has 0 saturated carbocycles. The first kappa shape index (κ1) is 13.4. The van der Waals surface area contributed by atoms with Crippen molar-refractivity contribution in [2.75, 3.05) is 32.9 Å². The van der Waals surface area contributed by atoms with Crippen LogP contribution >= 0.6 is 11.8 Å². The van der Waals surface area contributed by atoms with Crippen molar-refractivity contribution < 1.29 is 4.79 Å². The van der Waals surface area contributed by atoms with E-state index in [-0.39, 0.29) is 11.3 Å². The van der Waals surface area contributed by atoms with Crippen LogP contribution < -0.4 is 0 Å². The third-order valence-electron chi connectivity index (χ3n) is 2.92. The number of aromatic nitrogens is 1. The average Bonchev–Trinajstić information content (AvgIpc) is 2.38. The molecular weight excluding hydrogens is 246 g/mol. The molecule has 98 valence electrons. The van der Waals surface area contributed by atoms with Crippen molar-refractivity contribution in [2.45, 2.75) is 11.8 Å². The second-order valence-corrected chi connectivity index (χ2v) is 5.81. The van der Waals surface area contributed by atoms with Crippen molar-refractivity contribution in [3.05, 3.63) is 30.1 Å². The van der Waals surface area contributed by atoms with Gasteiger partial charge in [-0.05, 0) is 26.2 Å². The van der Waals surface area contributed by atoms with Gasteiger partial charge in [0.25, 0.3) is 0 Å². The number of pyridine rings is 1. The summed E-state index contributed by atoms with van der Waals surface area (Å²) in [6.07, 6.45) is 2.43. The number of thioether (sulfide) groups is 1. The van der Waals surface area contributed by atoms with E-state index in [0.29, 0.717) is 6.42 Å². The summed E-state index contributed by atoms with van der Waals surface area (Å²) in [6.45, 7) is 1.65. The number of amides is 1. The van der Waals surface area contributed by atoms with Crippen LogP contribution in [0.25, 0.3) is 0 Å². The van der Waals surface area contributed by atoms with E-state index >= 15 is 0 Å². The molecule has 1 unspecified atom stereocenters. The number of likely N-dealkylation sites (N-methyl/N-ethyl adjacent to an activating group) is 1. The number of nitrogens with zero attached hydrogens (tertiary/aromatic N) is 3. The lowest BCUT2D eigenvalue weighted by Gasteiger charge is -2.35. The first-order valence-electron chi connectivity index (χ1n) is 6.15. The number of hydrogen-bond donors (Lipinski definition) is 0. The third kappa shape index (κ3) is 3.23.